The summed E-state index contributed by atoms with van der Waals surface area (Å²) < 4.78 is 24.5. The van der Waals surface area contributed by atoms with Crippen molar-refractivity contribution in [3.63, 3.8) is 0 Å². The summed E-state index contributed by atoms with van der Waals surface area (Å²) in [7, 11) is -0.715. The molecule has 1 rings (SSSR count). The highest BCUT2D eigenvalue weighted by Crippen LogP contribution is 2.23. The van der Waals surface area contributed by atoms with Crippen LogP contribution in [0, 0.1) is 0 Å². The zero-order chi connectivity index (χ0) is 11.6. The van der Waals surface area contributed by atoms with Gasteiger partial charge >= 0.3 is 0 Å². The Labute approximate surface area is 93.5 Å². The van der Waals surface area contributed by atoms with Crippen molar-refractivity contribution in [3.8, 4) is 0 Å². The second-order valence-electron chi connectivity index (χ2n) is 3.10. The van der Waals surface area contributed by atoms with Gasteiger partial charge in [-0.2, -0.15) is 0 Å². The molecule has 0 saturated carbocycles. The van der Waals surface area contributed by atoms with Gasteiger partial charge in [0.25, 0.3) is 0 Å². The molecule has 0 heterocycles. The number of benzene rings is 1. The molecule has 15 heavy (non-hydrogen) atoms. The molecule has 0 aliphatic rings. The van der Waals surface area contributed by atoms with Crippen molar-refractivity contribution in [1.29, 1.82) is 0 Å². The molecule has 0 radical (unpaired) electrons. The van der Waals surface area contributed by atoms with Gasteiger partial charge in [0.2, 0.25) is 10.0 Å². The lowest BCUT2D eigenvalue weighted by molar-refractivity contribution is 0.112. The van der Waals surface area contributed by atoms with Gasteiger partial charge in [-0.25, -0.2) is 12.7 Å². The van der Waals surface area contributed by atoms with Crippen LogP contribution < -0.4 is 0 Å². The van der Waals surface area contributed by atoms with E-state index in [0.29, 0.717) is 11.8 Å². The molecule has 0 atom stereocenters. The van der Waals surface area contributed by atoms with E-state index in [1.165, 1.54) is 32.3 Å². The van der Waals surface area contributed by atoms with Gasteiger partial charge < -0.3 is 0 Å². The number of nitrogens with zero attached hydrogens (tertiary/aromatic N) is 1. The fraction of sp³-hybridized carbons (Fsp3) is 0.222. The molecule has 0 saturated heterocycles. The number of carbonyl (C=O) groups is 1. The number of sulfonamides is 1. The number of hydrogen-bond donors (Lipinski definition) is 0. The first kappa shape index (κ1) is 12.2. The van der Waals surface area contributed by atoms with Crippen molar-refractivity contribution in [2.24, 2.45) is 0 Å². The van der Waals surface area contributed by atoms with E-state index >= 15 is 0 Å². The number of halogens is 1. The minimum Gasteiger partial charge on any atom is -0.298 e. The van der Waals surface area contributed by atoms with Crippen LogP contribution in [0.1, 0.15) is 10.4 Å². The van der Waals surface area contributed by atoms with Gasteiger partial charge in [0, 0.05) is 19.7 Å². The monoisotopic (exact) mass is 247 g/mol. The van der Waals surface area contributed by atoms with Crippen LogP contribution >= 0.6 is 11.6 Å². The Morgan fingerprint density at radius 1 is 1.33 bits per heavy atom. The average molecular weight is 248 g/mol. The standard InChI is InChI=1S/C9H10ClNO3S/c1-11(2)15(13,14)9-4-3-7(6-12)5-8(9)10/h3-6H,1-2H3. The van der Waals surface area contributed by atoms with Crippen LogP contribution in [-0.4, -0.2) is 33.1 Å². The van der Waals surface area contributed by atoms with E-state index in [4.69, 9.17) is 11.6 Å². The predicted octanol–water partition coefficient (Wildman–Crippen LogP) is 1.40. The Balaban J connectivity index is 3.35. The molecule has 6 heteroatoms. The summed E-state index contributed by atoms with van der Waals surface area (Å²) >= 11 is 5.77. The van der Waals surface area contributed by atoms with Crippen LogP contribution in [0.4, 0.5) is 0 Å². The number of rotatable bonds is 3. The van der Waals surface area contributed by atoms with Crippen LogP contribution in [-0.2, 0) is 10.0 Å². The first-order chi connectivity index (χ1) is 6.89. The van der Waals surface area contributed by atoms with Crippen molar-refractivity contribution < 1.29 is 13.2 Å². The number of hydrogen-bond acceptors (Lipinski definition) is 3. The maximum Gasteiger partial charge on any atom is 0.244 e. The van der Waals surface area contributed by atoms with Gasteiger partial charge in [-0.1, -0.05) is 17.7 Å². The summed E-state index contributed by atoms with van der Waals surface area (Å²) in [6.45, 7) is 0. The smallest absolute Gasteiger partial charge is 0.244 e. The van der Waals surface area contributed by atoms with Crippen LogP contribution in [0.25, 0.3) is 0 Å². The van der Waals surface area contributed by atoms with Crippen molar-refractivity contribution in [3.05, 3.63) is 28.8 Å². The minimum absolute atomic E-state index is 0.000216. The molecule has 0 unspecified atom stereocenters. The van der Waals surface area contributed by atoms with Crippen molar-refractivity contribution in [2.45, 2.75) is 4.90 Å². The van der Waals surface area contributed by atoms with E-state index in [0.717, 1.165) is 4.31 Å². The van der Waals surface area contributed by atoms with E-state index < -0.39 is 10.0 Å². The first-order valence-electron chi connectivity index (χ1n) is 4.07. The molecular formula is C9H10ClNO3S. The lowest BCUT2D eigenvalue weighted by atomic mass is 10.2. The zero-order valence-corrected chi connectivity index (χ0v) is 9.84. The zero-order valence-electron chi connectivity index (χ0n) is 8.27. The lowest BCUT2D eigenvalue weighted by Gasteiger charge is -2.12. The molecule has 0 N–H and O–H groups in total. The number of aldehydes is 1. The molecule has 0 aromatic heterocycles. The molecule has 0 aliphatic heterocycles. The maximum absolute atomic E-state index is 11.7. The van der Waals surface area contributed by atoms with Crippen LogP contribution in [0.5, 0.6) is 0 Å². The third-order valence-electron chi connectivity index (χ3n) is 1.85. The van der Waals surface area contributed by atoms with Crippen LogP contribution in [0.2, 0.25) is 5.02 Å². The van der Waals surface area contributed by atoms with E-state index in [-0.39, 0.29) is 9.92 Å². The predicted molar refractivity (Wildman–Crippen MR) is 57.7 cm³/mol. The highest BCUT2D eigenvalue weighted by Gasteiger charge is 2.20. The molecule has 0 amide bonds. The van der Waals surface area contributed by atoms with Crippen molar-refractivity contribution in [1.82, 2.24) is 4.31 Å². The topological polar surface area (TPSA) is 54.5 Å². The summed E-state index contributed by atoms with van der Waals surface area (Å²) in [6.07, 6.45) is 0.609. The van der Waals surface area contributed by atoms with E-state index in [1.807, 2.05) is 0 Å². The third kappa shape index (κ3) is 2.37. The van der Waals surface area contributed by atoms with Crippen LogP contribution in [0.3, 0.4) is 0 Å². The number of carbonyl (C=O) groups excluding carboxylic acids is 1. The average Bonchev–Trinajstić information content (AvgIpc) is 2.16. The van der Waals surface area contributed by atoms with Gasteiger partial charge in [-0.3, -0.25) is 4.79 Å². The van der Waals surface area contributed by atoms with Gasteiger partial charge in [0.1, 0.15) is 11.2 Å². The van der Waals surface area contributed by atoms with Gasteiger partial charge in [-0.15, -0.1) is 0 Å². The minimum atomic E-state index is -3.55. The molecule has 0 spiro atoms. The third-order valence-corrected chi connectivity index (χ3v) is 4.15. The molecule has 1 aromatic carbocycles. The molecule has 0 fully saturated rings. The molecular weight excluding hydrogens is 238 g/mol. The normalized spacial score (nSPS) is 11.7. The Morgan fingerprint density at radius 3 is 2.33 bits per heavy atom. The Bertz CT molecular complexity index is 482. The van der Waals surface area contributed by atoms with E-state index in [9.17, 15) is 13.2 Å². The lowest BCUT2D eigenvalue weighted by Crippen LogP contribution is -2.22. The fourth-order valence-corrected chi connectivity index (χ4v) is 2.42. The molecule has 0 bridgehead atoms. The highest BCUT2D eigenvalue weighted by molar-refractivity contribution is 7.89. The summed E-state index contributed by atoms with van der Waals surface area (Å²) in [4.78, 5) is 10.4. The maximum atomic E-state index is 11.7. The summed E-state index contributed by atoms with van der Waals surface area (Å²) in [5.41, 5.74) is 0.345. The molecule has 82 valence electrons. The Hall–Kier alpha value is -0.910. The largest absolute Gasteiger partial charge is 0.298 e. The van der Waals surface area contributed by atoms with Crippen molar-refractivity contribution in [2.75, 3.05) is 14.1 Å². The Kier molecular flexibility index (Phi) is 3.49. The Morgan fingerprint density at radius 2 is 1.93 bits per heavy atom. The van der Waals surface area contributed by atoms with E-state index in [1.54, 1.807) is 0 Å². The second kappa shape index (κ2) is 4.30. The van der Waals surface area contributed by atoms with E-state index in [2.05, 4.69) is 0 Å². The van der Waals surface area contributed by atoms with Crippen LogP contribution in [0.15, 0.2) is 23.1 Å². The highest BCUT2D eigenvalue weighted by atomic mass is 35.5. The molecule has 0 aliphatic carbocycles. The quantitative estimate of drug-likeness (QED) is 0.759. The second-order valence-corrected chi connectivity index (χ2v) is 5.62. The van der Waals surface area contributed by atoms with Gasteiger partial charge in [-0.05, 0) is 12.1 Å². The SMILES string of the molecule is CN(C)S(=O)(=O)c1ccc(C=O)cc1Cl. The van der Waals surface area contributed by atoms with Gasteiger partial charge in [0.05, 0.1) is 5.02 Å². The molecule has 4 nitrogen and oxygen atoms in total. The first-order valence-corrected chi connectivity index (χ1v) is 5.88. The summed E-state index contributed by atoms with van der Waals surface area (Å²) in [5, 5.41) is 0.0494. The summed E-state index contributed by atoms with van der Waals surface area (Å²) in [6, 6.07) is 4.06. The van der Waals surface area contributed by atoms with Gasteiger partial charge in [0.15, 0.2) is 0 Å². The fourth-order valence-electron chi connectivity index (χ4n) is 0.996. The molecule has 1 aromatic rings. The summed E-state index contributed by atoms with van der Waals surface area (Å²) in [5.74, 6) is 0. The van der Waals surface area contributed by atoms with Crippen molar-refractivity contribution >= 4 is 27.9 Å².